The number of pyridine rings is 1. The topological polar surface area (TPSA) is 91.3 Å². The molecule has 3 N–H and O–H groups in total. The van der Waals surface area contributed by atoms with Crippen molar-refractivity contribution in [2.24, 2.45) is 0 Å². The van der Waals surface area contributed by atoms with Crippen molar-refractivity contribution in [3.05, 3.63) is 36.5 Å². The average Bonchev–Trinajstić information content (AvgIpc) is 2.45. The standard InChI is InChI=1S/C15H17N3O3/c1-10(7-8-13(19)20)17-15(21)18-12-6-2-4-11-5-3-9-16-14(11)12/h2-6,9-10H,7-8H2,1H3,(H,19,20)(H2,17,18,21). The minimum absolute atomic E-state index is 0.0251. The Kier molecular flexibility index (Phi) is 4.71. The Hall–Kier alpha value is -2.63. The molecule has 0 saturated carbocycles. The number of anilines is 1. The van der Waals surface area contributed by atoms with Crippen LogP contribution in [0.15, 0.2) is 36.5 Å². The first kappa shape index (κ1) is 14.8. The van der Waals surface area contributed by atoms with Gasteiger partial charge >= 0.3 is 12.0 Å². The number of hydrogen-bond acceptors (Lipinski definition) is 3. The molecule has 6 nitrogen and oxygen atoms in total. The summed E-state index contributed by atoms with van der Waals surface area (Å²) in [5.74, 6) is -0.873. The van der Waals surface area contributed by atoms with Crippen LogP contribution in [0.2, 0.25) is 0 Å². The van der Waals surface area contributed by atoms with Crippen LogP contribution in [-0.2, 0) is 4.79 Å². The number of aromatic nitrogens is 1. The number of nitrogens with one attached hydrogen (secondary N) is 2. The number of para-hydroxylation sites is 1. The van der Waals surface area contributed by atoms with Crippen molar-refractivity contribution in [1.82, 2.24) is 10.3 Å². The number of amides is 2. The molecule has 0 aliphatic carbocycles. The maximum atomic E-state index is 11.9. The molecule has 1 aromatic heterocycles. The number of nitrogens with zero attached hydrogens (tertiary/aromatic N) is 1. The van der Waals surface area contributed by atoms with E-state index in [-0.39, 0.29) is 18.5 Å². The van der Waals surface area contributed by atoms with Crippen LogP contribution >= 0.6 is 0 Å². The van der Waals surface area contributed by atoms with Crippen LogP contribution < -0.4 is 10.6 Å². The Bertz CT molecular complexity index is 652. The van der Waals surface area contributed by atoms with E-state index in [1.807, 2.05) is 24.3 Å². The number of carboxylic acids is 1. The first-order chi connectivity index (χ1) is 10.1. The zero-order chi connectivity index (χ0) is 15.2. The Balaban J connectivity index is 2.00. The molecule has 0 spiro atoms. The lowest BCUT2D eigenvalue weighted by Gasteiger charge is -2.14. The summed E-state index contributed by atoms with van der Waals surface area (Å²) in [4.78, 5) is 26.7. The van der Waals surface area contributed by atoms with Gasteiger partial charge in [-0.05, 0) is 25.5 Å². The van der Waals surface area contributed by atoms with E-state index in [1.54, 1.807) is 19.2 Å². The number of carbonyl (C=O) groups excluding carboxylic acids is 1. The fourth-order valence-electron chi connectivity index (χ4n) is 2.00. The molecule has 0 aliphatic rings. The minimum Gasteiger partial charge on any atom is -0.481 e. The van der Waals surface area contributed by atoms with Crippen molar-refractivity contribution in [1.29, 1.82) is 0 Å². The van der Waals surface area contributed by atoms with Crippen LogP contribution in [-0.4, -0.2) is 28.1 Å². The zero-order valence-corrected chi connectivity index (χ0v) is 11.7. The number of benzene rings is 1. The van der Waals surface area contributed by atoms with Crippen molar-refractivity contribution in [3.63, 3.8) is 0 Å². The molecule has 0 fully saturated rings. The molecule has 110 valence electrons. The normalized spacial score (nSPS) is 11.9. The maximum Gasteiger partial charge on any atom is 0.319 e. The lowest BCUT2D eigenvalue weighted by atomic mass is 10.2. The van der Waals surface area contributed by atoms with Crippen LogP contribution in [0.25, 0.3) is 10.9 Å². The Labute approximate surface area is 122 Å². The van der Waals surface area contributed by atoms with E-state index in [4.69, 9.17) is 5.11 Å². The summed E-state index contributed by atoms with van der Waals surface area (Å²) in [6, 6.07) is 8.70. The van der Waals surface area contributed by atoms with E-state index in [1.165, 1.54) is 0 Å². The number of urea groups is 1. The molecule has 1 unspecified atom stereocenters. The van der Waals surface area contributed by atoms with Crippen LogP contribution in [0.4, 0.5) is 10.5 Å². The minimum atomic E-state index is -0.873. The van der Waals surface area contributed by atoms with Gasteiger partial charge in [0, 0.05) is 24.0 Å². The second kappa shape index (κ2) is 6.69. The first-order valence-electron chi connectivity index (χ1n) is 6.69. The molecule has 1 atom stereocenters. The van der Waals surface area contributed by atoms with Gasteiger partial charge < -0.3 is 15.7 Å². The summed E-state index contributed by atoms with van der Waals surface area (Å²) in [5.41, 5.74) is 1.34. The highest BCUT2D eigenvalue weighted by atomic mass is 16.4. The molecule has 1 aromatic carbocycles. The predicted molar refractivity (Wildman–Crippen MR) is 80.2 cm³/mol. The SMILES string of the molecule is CC(CCC(=O)O)NC(=O)Nc1cccc2cccnc12. The van der Waals surface area contributed by atoms with Gasteiger partial charge in [-0.25, -0.2) is 4.79 Å². The second-order valence-corrected chi connectivity index (χ2v) is 4.81. The van der Waals surface area contributed by atoms with Gasteiger partial charge in [0.2, 0.25) is 0 Å². The highest BCUT2D eigenvalue weighted by Crippen LogP contribution is 2.20. The Morgan fingerprint density at radius 1 is 1.29 bits per heavy atom. The number of aliphatic carboxylic acids is 1. The lowest BCUT2D eigenvalue weighted by Crippen LogP contribution is -2.36. The number of carbonyl (C=O) groups is 2. The summed E-state index contributed by atoms with van der Waals surface area (Å²) in [6.07, 6.45) is 2.08. The summed E-state index contributed by atoms with van der Waals surface area (Å²) >= 11 is 0. The van der Waals surface area contributed by atoms with E-state index >= 15 is 0 Å². The van der Waals surface area contributed by atoms with Crippen LogP contribution in [0.1, 0.15) is 19.8 Å². The highest BCUT2D eigenvalue weighted by Gasteiger charge is 2.10. The van der Waals surface area contributed by atoms with Crippen LogP contribution in [0.3, 0.4) is 0 Å². The van der Waals surface area contributed by atoms with E-state index in [2.05, 4.69) is 15.6 Å². The summed E-state index contributed by atoms with van der Waals surface area (Å²) in [6.45, 7) is 1.77. The van der Waals surface area contributed by atoms with Gasteiger partial charge in [-0.3, -0.25) is 9.78 Å². The number of fused-ring (bicyclic) bond motifs is 1. The van der Waals surface area contributed by atoms with E-state index in [9.17, 15) is 9.59 Å². The summed E-state index contributed by atoms with van der Waals surface area (Å²) in [5, 5.41) is 15.0. The van der Waals surface area contributed by atoms with Crippen molar-refractivity contribution in [2.75, 3.05) is 5.32 Å². The van der Waals surface area contributed by atoms with Crippen molar-refractivity contribution >= 4 is 28.6 Å². The van der Waals surface area contributed by atoms with E-state index in [0.29, 0.717) is 17.6 Å². The monoisotopic (exact) mass is 287 g/mol. The van der Waals surface area contributed by atoms with Crippen molar-refractivity contribution < 1.29 is 14.7 Å². The van der Waals surface area contributed by atoms with Crippen molar-refractivity contribution in [2.45, 2.75) is 25.8 Å². The van der Waals surface area contributed by atoms with Crippen LogP contribution in [0, 0.1) is 0 Å². The van der Waals surface area contributed by atoms with Gasteiger partial charge in [-0.15, -0.1) is 0 Å². The fraction of sp³-hybridized carbons (Fsp3) is 0.267. The largest absolute Gasteiger partial charge is 0.481 e. The van der Waals surface area contributed by atoms with E-state index in [0.717, 1.165) is 5.39 Å². The molecule has 1 heterocycles. The second-order valence-electron chi connectivity index (χ2n) is 4.81. The number of rotatable bonds is 5. The van der Waals surface area contributed by atoms with Gasteiger partial charge in [0.15, 0.2) is 0 Å². The van der Waals surface area contributed by atoms with Crippen LogP contribution in [0.5, 0.6) is 0 Å². The smallest absolute Gasteiger partial charge is 0.319 e. The summed E-state index contributed by atoms with van der Waals surface area (Å²) < 4.78 is 0. The molecule has 0 saturated heterocycles. The number of carboxylic acid groups (broad SMARTS) is 1. The van der Waals surface area contributed by atoms with E-state index < -0.39 is 5.97 Å². The molecule has 0 aliphatic heterocycles. The molecule has 2 amide bonds. The molecule has 2 aromatic rings. The third-order valence-electron chi connectivity index (χ3n) is 3.05. The highest BCUT2D eigenvalue weighted by molar-refractivity contribution is 5.99. The van der Waals surface area contributed by atoms with Crippen molar-refractivity contribution in [3.8, 4) is 0 Å². The lowest BCUT2D eigenvalue weighted by molar-refractivity contribution is -0.137. The fourth-order valence-corrected chi connectivity index (χ4v) is 2.00. The Morgan fingerprint density at radius 3 is 2.81 bits per heavy atom. The molecule has 6 heteroatoms. The average molecular weight is 287 g/mol. The molecular formula is C15H17N3O3. The Morgan fingerprint density at radius 2 is 2.05 bits per heavy atom. The third-order valence-corrected chi connectivity index (χ3v) is 3.05. The van der Waals surface area contributed by atoms with Gasteiger partial charge in [0.1, 0.15) is 0 Å². The quantitative estimate of drug-likeness (QED) is 0.788. The molecule has 0 bridgehead atoms. The maximum absolute atomic E-state index is 11.9. The zero-order valence-electron chi connectivity index (χ0n) is 11.7. The van der Waals surface area contributed by atoms with Gasteiger partial charge in [-0.2, -0.15) is 0 Å². The van der Waals surface area contributed by atoms with Gasteiger partial charge in [0.05, 0.1) is 11.2 Å². The molecule has 0 radical (unpaired) electrons. The van der Waals surface area contributed by atoms with Gasteiger partial charge in [0.25, 0.3) is 0 Å². The molecule has 2 rings (SSSR count). The molecular weight excluding hydrogens is 270 g/mol. The predicted octanol–water partition coefficient (Wildman–Crippen LogP) is 2.61. The summed E-state index contributed by atoms with van der Waals surface area (Å²) in [7, 11) is 0. The van der Waals surface area contributed by atoms with Gasteiger partial charge in [-0.1, -0.05) is 18.2 Å². The number of hydrogen-bond donors (Lipinski definition) is 3. The molecule has 21 heavy (non-hydrogen) atoms. The first-order valence-corrected chi connectivity index (χ1v) is 6.69. The third kappa shape index (κ3) is 4.17.